The van der Waals surface area contributed by atoms with Crippen molar-refractivity contribution in [3.8, 4) is 5.69 Å². The van der Waals surface area contributed by atoms with Gasteiger partial charge in [0.05, 0.1) is 11.9 Å². The summed E-state index contributed by atoms with van der Waals surface area (Å²) in [6, 6.07) is 10.2. The average Bonchev–Trinajstić information content (AvgIpc) is 2.90. The maximum Gasteiger partial charge on any atom is 0.152 e. The van der Waals surface area contributed by atoms with Crippen molar-refractivity contribution >= 4 is 5.82 Å². The summed E-state index contributed by atoms with van der Waals surface area (Å²) in [6.07, 6.45) is 5.72. The Morgan fingerprint density at radius 2 is 1.71 bits per heavy atom. The Hall–Kier alpha value is -1.84. The predicted octanol–water partition coefficient (Wildman–Crippen LogP) is 2.26. The molecule has 88 valence electrons. The first-order valence-electron chi connectivity index (χ1n) is 6.16. The minimum atomic E-state index is 1.07. The zero-order chi connectivity index (χ0) is 11.5. The van der Waals surface area contributed by atoms with E-state index in [1.165, 1.54) is 19.3 Å². The van der Waals surface area contributed by atoms with Crippen LogP contribution in [0, 0.1) is 0 Å². The first-order valence-corrected chi connectivity index (χ1v) is 6.16. The number of piperidine rings is 1. The van der Waals surface area contributed by atoms with Crippen LogP contribution in [0.1, 0.15) is 19.3 Å². The summed E-state index contributed by atoms with van der Waals surface area (Å²) in [6.45, 7) is 2.22. The van der Waals surface area contributed by atoms with E-state index in [1.54, 1.807) is 0 Å². The van der Waals surface area contributed by atoms with E-state index in [4.69, 9.17) is 0 Å². The number of aromatic nitrogens is 3. The second-order valence-electron chi connectivity index (χ2n) is 4.39. The predicted molar refractivity (Wildman–Crippen MR) is 67.4 cm³/mol. The van der Waals surface area contributed by atoms with Crippen LogP contribution < -0.4 is 4.90 Å². The molecule has 0 aliphatic carbocycles. The monoisotopic (exact) mass is 228 g/mol. The molecule has 1 aliphatic rings. The second-order valence-corrected chi connectivity index (χ2v) is 4.39. The molecule has 0 spiro atoms. The second kappa shape index (κ2) is 4.57. The molecule has 2 aromatic rings. The zero-order valence-electron chi connectivity index (χ0n) is 9.79. The third-order valence-corrected chi connectivity index (χ3v) is 3.21. The normalized spacial score (nSPS) is 16.1. The van der Waals surface area contributed by atoms with Crippen LogP contribution in [0.2, 0.25) is 0 Å². The van der Waals surface area contributed by atoms with Gasteiger partial charge in [0.25, 0.3) is 0 Å². The first-order chi connectivity index (χ1) is 8.45. The number of hydrogen-bond acceptors (Lipinski definition) is 3. The molecule has 0 N–H and O–H groups in total. The highest BCUT2D eigenvalue weighted by atomic mass is 15.5. The van der Waals surface area contributed by atoms with E-state index in [0.29, 0.717) is 0 Å². The van der Waals surface area contributed by atoms with Gasteiger partial charge in [-0.1, -0.05) is 23.4 Å². The number of hydrogen-bond donors (Lipinski definition) is 0. The molecule has 17 heavy (non-hydrogen) atoms. The fourth-order valence-corrected chi connectivity index (χ4v) is 2.32. The maximum atomic E-state index is 4.19. The van der Waals surface area contributed by atoms with Crippen molar-refractivity contribution in [3.05, 3.63) is 36.5 Å². The van der Waals surface area contributed by atoms with E-state index in [9.17, 15) is 0 Å². The fourth-order valence-electron chi connectivity index (χ4n) is 2.32. The topological polar surface area (TPSA) is 34.0 Å². The number of nitrogens with zero attached hydrogens (tertiary/aromatic N) is 4. The van der Waals surface area contributed by atoms with Gasteiger partial charge in [-0.2, -0.15) is 4.68 Å². The Morgan fingerprint density at radius 3 is 2.47 bits per heavy atom. The lowest BCUT2D eigenvalue weighted by atomic mass is 10.1. The largest absolute Gasteiger partial charge is 0.355 e. The van der Waals surface area contributed by atoms with E-state index < -0.39 is 0 Å². The molecule has 1 aromatic carbocycles. The smallest absolute Gasteiger partial charge is 0.152 e. The summed E-state index contributed by atoms with van der Waals surface area (Å²) in [4.78, 5) is 2.37. The molecule has 0 bridgehead atoms. The van der Waals surface area contributed by atoms with E-state index >= 15 is 0 Å². The third kappa shape index (κ3) is 2.02. The van der Waals surface area contributed by atoms with Gasteiger partial charge in [-0.05, 0) is 31.4 Å². The first kappa shape index (κ1) is 10.3. The molecule has 0 amide bonds. The van der Waals surface area contributed by atoms with E-state index in [1.807, 2.05) is 29.1 Å². The Bertz CT molecular complexity index is 471. The van der Waals surface area contributed by atoms with Gasteiger partial charge in [-0.3, -0.25) is 0 Å². The summed E-state index contributed by atoms with van der Waals surface area (Å²) in [5.74, 6) is 1.11. The van der Waals surface area contributed by atoms with Crippen molar-refractivity contribution in [2.45, 2.75) is 19.3 Å². The molecular formula is C13H16N4. The van der Waals surface area contributed by atoms with E-state index in [2.05, 4.69) is 27.3 Å². The molecule has 4 nitrogen and oxygen atoms in total. The van der Waals surface area contributed by atoms with Crippen LogP contribution in [0.25, 0.3) is 5.69 Å². The molecule has 1 fully saturated rings. The minimum Gasteiger partial charge on any atom is -0.355 e. The maximum absolute atomic E-state index is 4.19. The SMILES string of the molecule is c1ccc(-n2nncc2N2CCCCC2)cc1. The van der Waals surface area contributed by atoms with Gasteiger partial charge in [0.1, 0.15) is 0 Å². The minimum absolute atomic E-state index is 1.07. The van der Waals surface area contributed by atoms with Crippen molar-refractivity contribution in [1.29, 1.82) is 0 Å². The Morgan fingerprint density at radius 1 is 0.941 bits per heavy atom. The molecule has 2 heterocycles. The van der Waals surface area contributed by atoms with Crippen molar-refractivity contribution in [3.63, 3.8) is 0 Å². The Balaban J connectivity index is 1.93. The lowest BCUT2D eigenvalue weighted by Gasteiger charge is -2.28. The summed E-state index contributed by atoms with van der Waals surface area (Å²) >= 11 is 0. The molecule has 0 saturated carbocycles. The average molecular weight is 228 g/mol. The third-order valence-electron chi connectivity index (χ3n) is 3.21. The van der Waals surface area contributed by atoms with Crippen LogP contribution in [0.15, 0.2) is 36.5 Å². The van der Waals surface area contributed by atoms with Gasteiger partial charge in [-0.25, -0.2) is 0 Å². The highest BCUT2D eigenvalue weighted by Crippen LogP contribution is 2.21. The molecular weight excluding hydrogens is 212 g/mol. The molecule has 1 aromatic heterocycles. The molecule has 0 radical (unpaired) electrons. The van der Waals surface area contributed by atoms with Crippen LogP contribution in [0.3, 0.4) is 0 Å². The van der Waals surface area contributed by atoms with Gasteiger partial charge in [0.2, 0.25) is 0 Å². The molecule has 3 rings (SSSR count). The fraction of sp³-hybridized carbons (Fsp3) is 0.385. The van der Waals surface area contributed by atoms with Gasteiger partial charge in [0, 0.05) is 13.1 Å². The quantitative estimate of drug-likeness (QED) is 0.790. The van der Waals surface area contributed by atoms with Crippen LogP contribution in [0.5, 0.6) is 0 Å². The summed E-state index contributed by atoms with van der Waals surface area (Å²) in [5, 5.41) is 8.23. The summed E-state index contributed by atoms with van der Waals surface area (Å²) in [5.41, 5.74) is 1.07. The van der Waals surface area contributed by atoms with Crippen LogP contribution in [-0.2, 0) is 0 Å². The number of para-hydroxylation sites is 1. The van der Waals surface area contributed by atoms with Crippen molar-refractivity contribution in [1.82, 2.24) is 15.0 Å². The van der Waals surface area contributed by atoms with Gasteiger partial charge in [-0.15, -0.1) is 5.10 Å². The van der Waals surface area contributed by atoms with Crippen molar-refractivity contribution in [2.24, 2.45) is 0 Å². The van der Waals surface area contributed by atoms with Crippen molar-refractivity contribution in [2.75, 3.05) is 18.0 Å². The number of benzene rings is 1. The van der Waals surface area contributed by atoms with Gasteiger partial charge < -0.3 is 4.90 Å². The number of anilines is 1. The molecule has 0 unspecified atom stereocenters. The standard InChI is InChI=1S/C13H16N4/c1-3-7-12(8-4-1)17-13(11-14-15-17)16-9-5-2-6-10-16/h1,3-4,7-8,11H,2,5-6,9-10H2. The summed E-state index contributed by atoms with van der Waals surface area (Å²) < 4.78 is 1.92. The highest BCUT2D eigenvalue weighted by molar-refractivity contribution is 5.45. The summed E-state index contributed by atoms with van der Waals surface area (Å²) in [7, 11) is 0. The van der Waals surface area contributed by atoms with Gasteiger partial charge in [0.15, 0.2) is 5.82 Å². The lowest BCUT2D eigenvalue weighted by Crippen LogP contribution is -2.31. The van der Waals surface area contributed by atoms with E-state index in [0.717, 1.165) is 24.6 Å². The number of rotatable bonds is 2. The lowest BCUT2D eigenvalue weighted by molar-refractivity contribution is 0.567. The van der Waals surface area contributed by atoms with Crippen LogP contribution >= 0.6 is 0 Å². The van der Waals surface area contributed by atoms with Crippen LogP contribution in [0.4, 0.5) is 5.82 Å². The van der Waals surface area contributed by atoms with Gasteiger partial charge >= 0.3 is 0 Å². The molecule has 1 saturated heterocycles. The zero-order valence-corrected chi connectivity index (χ0v) is 9.79. The van der Waals surface area contributed by atoms with E-state index in [-0.39, 0.29) is 0 Å². The molecule has 1 aliphatic heterocycles. The van der Waals surface area contributed by atoms with Crippen LogP contribution in [-0.4, -0.2) is 28.1 Å². The van der Waals surface area contributed by atoms with Crippen molar-refractivity contribution < 1.29 is 0 Å². The molecule has 0 atom stereocenters. The molecule has 4 heteroatoms. The highest BCUT2D eigenvalue weighted by Gasteiger charge is 2.16. The Labute approximate surface area is 101 Å². The Kier molecular flexibility index (Phi) is 2.78.